The van der Waals surface area contributed by atoms with Gasteiger partial charge in [-0.05, 0) is 30.2 Å². The lowest BCUT2D eigenvalue weighted by atomic mass is 10.1. The Kier molecular flexibility index (Phi) is 5.59. The van der Waals surface area contributed by atoms with Gasteiger partial charge >= 0.3 is 0 Å². The maximum absolute atomic E-state index is 5.92. The predicted octanol–water partition coefficient (Wildman–Crippen LogP) is 2.82. The summed E-state index contributed by atoms with van der Waals surface area (Å²) < 4.78 is 7.22. The number of hydrogen-bond donors (Lipinski definition) is 1. The minimum absolute atomic E-state index is 0.161. The van der Waals surface area contributed by atoms with Crippen LogP contribution in [0.25, 0.3) is 0 Å². The molecule has 0 bridgehead atoms. The third-order valence-corrected chi connectivity index (χ3v) is 3.35. The van der Waals surface area contributed by atoms with Gasteiger partial charge in [0.25, 0.3) is 0 Å². The molecule has 0 radical (unpaired) electrons. The summed E-state index contributed by atoms with van der Waals surface area (Å²) in [6.45, 7) is 4.33. The summed E-state index contributed by atoms with van der Waals surface area (Å²) in [5, 5.41) is 8.50. The van der Waals surface area contributed by atoms with Crippen LogP contribution in [0.15, 0.2) is 36.7 Å². The molecule has 2 rings (SSSR count). The van der Waals surface area contributed by atoms with Crippen LogP contribution in [0, 0.1) is 6.92 Å². The molecule has 0 aliphatic heterocycles. The summed E-state index contributed by atoms with van der Waals surface area (Å²) in [4.78, 5) is 0. The van der Waals surface area contributed by atoms with E-state index in [1.807, 2.05) is 48.3 Å². The van der Waals surface area contributed by atoms with Crippen LogP contribution >= 0.6 is 11.6 Å². The molecule has 0 aliphatic rings. The second-order valence-electron chi connectivity index (χ2n) is 4.79. The maximum Gasteiger partial charge on any atom is 0.0657 e. The van der Waals surface area contributed by atoms with Gasteiger partial charge in [0.1, 0.15) is 0 Å². The number of aryl methyl sites for hydroxylation is 1. The van der Waals surface area contributed by atoms with E-state index in [0.29, 0.717) is 6.61 Å². The Morgan fingerprint density at radius 2 is 2.10 bits per heavy atom. The Bertz CT molecular complexity index is 524. The van der Waals surface area contributed by atoms with Crippen molar-refractivity contribution in [2.75, 3.05) is 20.3 Å². The first-order valence-corrected chi connectivity index (χ1v) is 7.03. The fourth-order valence-corrected chi connectivity index (χ4v) is 2.20. The number of ether oxygens (including phenoxy) is 1. The molecule has 0 aliphatic carbocycles. The van der Waals surface area contributed by atoms with E-state index in [1.165, 1.54) is 11.1 Å². The van der Waals surface area contributed by atoms with Crippen LogP contribution in [-0.2, 0) is 11.3 Å². The van der Waals surface area contributed by atoms with Gasteiger partial charge in [0.05, 0.1) is 25.4 Å². The van der Waals surface area contributed by atoms with Gasteiger partial charge in [-0.1, -0.05) is 23.7 Å². The minimum Gasteiger partial charge on any atom is -0.383 e. The van der Waals surface area contributed by atoms with E-state index in [-0.39, 0.29) is 6.04 Å². The van der Waals surface area contributed by atoms with Gasteiger partial charge < -0.3 is 10.1 Å². The van der Waals surface area contributed by atoms with E-state index >= 15 is 0 Å². The molecular weight excluding hydrogens is 274 g/mol. The fraction of sp³-hybridized carbons (Fsp3) is 0.400. The molecule has 1 atom stereocenters. The van der Waals surface area contributed by atoms with E-state index in [2.05, 4.69) is 10.4 Å². The SMILES string of the molecule is COC[C@H](NCCn1cc(C)cn1)c1ccc(Cl)cc1. The molecule has 0 saturated carbocycles. The molecule has 0 saturated heterocycles. The molecule has 0 fully saturated rings. The van der Waals surface area contributed by atoms with Gasteiger partial charge in [-0.25, -0.2) is 0 Å². The van der Waals surface area contributed by atoms with Gasteiger partial charge in [-0.2, -0.15) is 5.10 Å². The summed E-state index contributed by atoms with van der Waals surface area (Å²) in [6, 6.07) is 8.01. The zero-order valence-electron chi connectivity index (χ0n) is 11.8. The van der Waals surface area contributed by atoms with Crippen molar-refractivity contribution in [3.63, 3.8) is 0 Å². The minimum atomic E-state index is 0.161. The standard InChI is InChI=1S/C15H20ClN3O/c1-12-9-18-19(10-12)8-7-17-15(11-20-2)13-3-5-14(16)6-4-13/h3-6,9-10,15,17H,7-8,11H2,1-2H3/t15-/m0/s1. The van der Waals surface area contributed by atoms with E-state index in [4.69, 9.17) is 16.3 Å². The number of aromatic nitrogens is 2. The number of hydrogen-bond acceptors (Lipinski definition) is 3. The molecule has 1 aromatic heterocycles. The first-order valence-electron chi connectivity index (χ1n) is 6.66. The van der Waals surface area contributed by atoms with Crippen molar-refractivity contribution in [1.29, 1.82) is 0 Å². The monoisotopic (exact) mass is 293 g/mol. The molecule has 20 heavy (non-hydrogen) atoms. The zero-order valence-corrected chi connectivity index (χ0v) is 12.6. The number of rotatable bonds is 7. The van der Waals surface area contributed by atoms with Crippen LogP contribution < -0.4 is 5.32 Å². The zero-order chi connectivity index (χ0) is 14.4. The first-order chi connectivity index (χ1) is 9.69. The van der Waals surface area contributed by atoms with Crippen molar-refractivity contribution < 1.29 is 4.74 Å². The van der Waals surface area contributed by atoms with E-state index in [1.54, 1.807) is 7.11 Å². The molecule has 4 nitrogen and oxygen atoms in total. The molecule has 2 aromatic rings. The van der Waals surface area contributed by atoms with E-state index in [9.17, 15) is 0 Å². The van der Waals surface area contributed by atoms with Crippen molar-refractivity contribution >= 4 is 11.6 Å². The normalized spacial score (nSPS) is 12.6. The quantitative estimate of drug-likeness (QED) is 0.853. The molecule has 1 aromatic carbocycles. The van der Waals surface area contributed by atoms with Gasteiger partial charge in [0.15, 0.2) is 0 Å². The van der Waals surface area contributed by atoms with Crippen LogP contribution in [0.1, 0.15) is 17.2 Å². The van der Waals surface area contributed by atoms with Gasteiger partial charge in [0.2, 0.25) is 0 Å². The maximum atomic E-state index is 5.92. The second-order valence-corrected chi connectivity index (χ2v) is 5.23. The molecule has 0 amide bonds. The molecule has 5 heteroatoms. The average Bonchev–Trinajstić information content (AvgIpc) is 2.84. The van der Waals surface area contributed by atoms with Crippen LogP contribution in [-0.4, -0.2) is 30.0 Å². The predicted molar refractivity (Wildman–Crippen MR) is 81.0 cm³/mol. The van der Waals surface area contributed by atoms with Crippen LogP contribution in [0.5, 0.6) is 0 Å². The van der Waals surface area contributed by atoms with Gasteiger partial charge in [-0.3, -0.25) is 4.68 Å². The molecule has 1 N–H and O–H groups in total. The van der Waals surface area contributed by atoms with Crippen molar-refractivity contribution in [2.24, 2.45) is 0 Å². The molecular formula is C15H20ClN3O. The number of benzene rings is 1. The molecule has 1 heterocycles. The Morgan fingerprint density at radius 3 is 2.70 bits per heavy atom. The smallest absolute Gasteiger partial charge is 0.0657 e. The van der Waals surface area contributed by atoms with Crippen molar-refractivity contribution in [2.45, 2.75) is 19.5 Å². The van der Waals surface area contributed by atoms with Crippen LogP contribution in [0.3, 0.4) is 0 Å². The highest BCUT2D eigenvalue weighted by atomic mass is 35.5. The third-order valence-electron chi connectivity index (χ3n) is 3.10. The van der Waals surface area contributed by atoms with Crippen molar-refractivity contribution in [3.05, 3.63) is 52.8 Å². The lowest BCUT2D eigenvalue weighted by Gasteiger charge is -2.18. The lowest BCUT2D eigenvalue weighted by molar-refractivity contribution is 0.166. The molecule has 108 valence electrons. The van der Waals surface area contributed by atoms with Crippen molar-refractivity contribution in [1.82, 2.24) is 15.1 Å². The summed E-state index contributed by atoms with van der Waals surface area (Å²) >= 11 is 5.92. The largest absolute Gasteiger partial charge is 0.383 e. The fourth-order valence-electron chi connectivity index (χ4n) is 2.08. The summed E-state index contributed by atoms with van der Waals surface area (Å²) in [5.74, 6) is 0. The highest BCUT2D eigenvalue weighted by molar-refractivity contribution is 6.30. The molecule has 0 unspecified atom stereocenters. The van der Waals surface area contributed by atoms with Crippen LogP contribution in [0.4, 0.5) is 0 Å². The Morgan fingerprint density at radius 1 is 1.35 bits per heavy atom. The van der Waals surface area contributed by atoms with E-state index in [0.717, 1.165) is 18.1 Å². The second kappa shape index (κ2) is 7.43. The van der Waals surface area contributed by atoms with Crippen molar-refractivity contribution in [3.8, 4) is 0 Å². The Labute approximate surface area is 124 Å². The topological polar surface area (TPSA) is 39.1 Å². The lowest BCUT2D eigenvalue weighted by Crippen LogP contribution is -2.28. The van der Waals surface area contributed by atoms with Crippen LogP contribution in [0.2, 0.25) is 5.02 Å². The Balaban J connectivity index is 1.90. The first kappa shape index (κ1) is 15.0. The number of nitrogens with one attached hydrogen (secondary N) is 1. The highest BCUT2D eigenvalue weighted by Crippen LogP contribution is 2.16. The van der Waals surface area contributed by atoms with Gasteiger partial charge in [-0.15, -0.1) is 0 Å². The highest BCUT2D eigenvalue weighted by Gasteiger charge is 2.10. The molecule has 0 spiro atoms. The van der Waals surface area contributed by atoms with E-state index < -0.39 is 0 Å². The number of nitrogens with zero attached hydrogens (tertiary/aromatic N) is 2. The summed E-state index contributed by atoms with van der Waals surface area (Å²) in [6.07, 6.45) is 3.90. The Hall–Kier alpha value is -1.36. The summed E-state index contributed by atoms with van der Waals surface area (Å²) in [5.41, 5.74) is 2.35. The number of methoxy groups -OCH3 is 1. The average molecular weight is 294 g/mol. The van der Waals surface area contributed by atoms with Gasteiger partial charge in [0, 0.05) is 24.9 Å². The number of halogens is 1. The third kappa shape index (κ3) is 4.34. The summed E-state index contributed by atoms with van der Waals surface area (Å²) in [7, 11) is 1.71.